The molecule has 0 amide bonds. The Kier molecular flexibility index (Phi) is 7.61. The zero-order valence-corrected chi connectivity index (χ0v) is 13.8. The molecule has 3 N–H and O–H groups in total. The Morgan fingerprint density at radius 3 is 2.55 bits per heavy atom. The first-order valence-electron chi connectivity index (χ1n) is 7.24. The lowest BCUT2D eigenvalue weighted by atomic mass is 10.1. The predicted octanol–water partition coefficient (Wildman–Crippen LogP) is 0.942. The van der Waals surface area contributed by atoms with Crippen LogP contribution in [0, 0.1) is 0 Å². The average molecular weight is 313 g/mol. The number of aliphatic hydroxyl groups excluding tert-OH is 2. The van der Waals surface area contributed by atoms with Gasteiger partial charge in [0.1, 0.15) is 11.5 Å². The van der Waals surface area contributed by atoms with Crippen molar-refractivity contribution in [2.75, 3.05) is 34.0 Å². The van der Waals surface area contributed by atoms with Gasteiger partial charge in [-0.15, -0.1) is 0 Å². The highest BCUT2D eigenvalue weighted by atomic mass is 16.5. The molecule has 0 aliphatic heterocycles. The first-order chi connectivity index (χ1) is 10.4. The number of hydrogen-bond donors (Lipinski definition) is 3. The van der Waals surface area contributed by atoms with Crippen LogP contribution in [-0.2, 0) is 11.3 Å². The Labute approximate surface area is 132 Å². The second-order valence-corrected chi connectivity index (χ2v) is 5.77. The van der Waals surface area contributed by atoms with Gasteiger partial charge < -0.3 is 29.7 Å². The Bertz CT molecular complexity index is 450. The molecule has 0 spiro atoms. The van der Waals surface area contributed by atoms with Crippen molar-refractivity contribution in [3.05, 3.63) is 23.8 Å². The SMILES string of the molecule is COc1ccc(OC)c(COCC(O)CNC(C)(C)CO)c1. The first kappa shape index (κ1) is 18.7. The van der Waals surface area contributed by atoms with Crippen LogP contribution in [-0.4, -0.2) is 55.8 Å². The fraction of sp³-hybridized carbons (Fsp3) is 0.625. The van der Waals surface area contributed by atoms with Gasteiger partial charge in [-0.2, -0.15) is 0 Å². The molecular formula is C16H27NO5. The third kappa shape index (κ3) is 6.19. The third-order valence-corrected chi connectivity index (χ3v) is 3.27. The smallest absolute Gasteiger partial charge is 0.124 e. The zero-order chi connectivity index (χ0) is 16.6. The maximum Gasteiger partial charge on any atom is 0.124 e. The molecule has 0 aliphatic rings. The molecule has 1 rings (SSSR count). The molecule has 0 radical (unpaired) electrons. The van der Waals surface area contributed by atoms with E-state index in [-0.39, 0.29) is 13.2 Å². The summed E-state index contributed by atoms with van der Waals surface area (Å²) >= 11 is 0. The molecule has 1 atom stereocenters. The van der Waals surface area contributed by atoms with Crippen molar-refractivity contribution in [2.45, 2.75) is 32.1 Å². The van der Waals surface area contributed by atoms with Crippen LogP contribution in [0.3, 0.4) is 0 Å². The molecule has 6 heteroatoms. The number of nitrogens with one attached hydrogen (secondary N) is 1. The summed E-state index contributed by atoms with van der Waals surface area (Å²) in [7, 11) is 3.20. The predicted molar refractivity (Wildman–Crippen MR) is 84.4 cm³/mol. The normalized spacial score (nSPS) is 13.0. The maximum atomic E-state index is 9.89. The van der Waals surface area contributed by atoms with Gasteiger partial charge in [0.05, 0.1) is 40.1 Å². The molecule has 126 valence electrons. The van der Waals surface area contributed by atoms with E-state index < -0.39 is 11.6 Å². The fourth-order valence-corrected chi connectivity index (χ4v) is 1.81. The molecule has 0 fully saturated rings. The molecule has 0 saturated heterocycles. The highest BCUT2D eigenvalue weighted by Gasteiger charge is 2.17. The van der Waals surface area contributed by atoms with Crippen LogP contribution in [0.1, 0.15) is 19.4 Å². The quantitative estimate of drug-likeness (QED) is 0.596. The Hall–Kier alpha value is -1.34. The highest BCUT2D eigenvalue weighted by Crippen LogP contribution is 2.24. The molecule has 0 aromatic heterocycles. The number of β-amino-alcohol motifs (C(OH)–C–C–N with tert-alkyl or cyclic N) is 1. The lowest BCUT2D eigenvalue weighted by Crippen LogP contribution is -2.46. The lowest BCUT2D eigenvalue weighted by molar-refractivity contribution is 0.0230. The summed E-state index contributed by atoms with van der Waals surface area (Å²) in [6.07, 6.45) is -0.651. The molecule has 0 aliphatic carbocycles. The van der Waals surface area contributed by atoms with Gasteiger partial charge in [0.25, 0.3) is 0 Å². The van der Waals surface area contributed by atoms with E-state index in [9.17, 15) is 5.11 Å². The molecule has 0 heterocycles. The van der Waals surface area contributed by atoms with E-state index in [1.807, 2.05) is 32.0 Å². The van der Waals surface area contributed by atoms with Crippen LogP contribution >= 0.6 is 0 Å². The van der Waals surface area contributed by atoms with Gasteiger partial charge in [-0.3, -0.25) is 0 Å². The fourth-order valence-electron chi connectivity index (χ4n) is 1.81. The molecule has 1 unspecified atom stereocenters. The van der Waals surface area contributed by atoms with Crippen molar-refractivity contribution in [1.29, 1.82) is 0 Å². The number of methoxy groups -OCH3 is 2. The van der Waals surface area contributed by atoms with Crippen molar-refractivity contribution < 1.29 is 24.4 Å². The van der Waals surface area contributed by atoms with Crippen LogP contribution in [0.25, 0.3) is 0 Å². The molecule has 1 aromatic rings. The second-order valence-electron chi connectivity index (χ2n) is 5.77. The number of ether oxygens (including phenoxy) is 3. The second kappa shape index (κ2) is 8.95. The van der Waals surface area contributed by atoms with Crippen LogP contribution in [0.15, 0.2) is 18.2 Å². The lowest BCUT2D eigenvalue weighted by Gasteiger charge is -2.25. The van der Waals surface area contributed by atoms with Crippen molar-refractivity contribution >= 4 is 0 Å². The van der Waals surface area contributed by atoms with Gasteiger partial charge in [0.2, 0.25) is 0 Å². The van der Waals surface area contributed by atoms with Gasteiger partial charge in [-0.25, -0.2) is 0 Å². The van der Waals surface area contributed by atoms with E-state index in [4.69, 9.17) is 19.3 Å². The summed E-state index contributed by atoms with van der Waals surface area (Å²) in [5.41, 5.74) is 0.439. The van der Waals surface area contributed by atoms with E-state index in [0.29, 0.717) is 13.2 Å². The summed E-state index contributed by atoms with van der Waals surface area (Å²) < 4.78 is 16.0. The molecule has 22 heavy (non-hydrogen) atoms. The monoisotopic (exact) mass is 313 g/mol. The topological polar surface area (TPSA) is 80.2 Å². The molecular weight excluding hydrogens is 286 g/mol. The summed E-state index contributed by atoms with van der Waals surface area (Å²) in [5.74, 6) is 1.45. The standard InChI is InChI=1S/C16H27NO5/c1-16(2,11-18)17-8-13(19)10-22-9-12-7-14(20-3)5-6-15(12)21-4/h5-7,13,17-19H,8-11H2,1-4H3. The minimum atomic E-state index is -0.651. The number of hydrogen-bond acceptors (Lipinski definition) is 6. The van der Waals surface area contributed by atoms with Crippen molar-refractivity contribution in [2.24, 2.45) is 0 Å². The van der Waals surface area contributed by atoms with Crippen LogP contribution < -0.4 is 14.8 Å². The number of benzene rings is 1. The van der Waals surface area contributed by atoms with E-state index >= 15 is 0 Å². The summed E-state index contributed by atoms with van der Waals surface area (Å²) in [4.78, 5) is 0. The van der Waals surface area contributed by atoms with Crippen molar-refractivity contribution in [3.8, 4) is 11.5 Å². The Balaban J connectivity index is 2.43. The minimum Gasteiger partial charge on any atom is -0.497 e. The van der Waals surface area contributed by atoms with Crippen LogP contribution in [0.2, 0.25) is 0 Å². The van der Waals surface area contributed by atoms with Gasteiger partial charge in [-0.05, 0) is 32.0 Å². The van der Waals surface area contributed by atoms with E-state index in [1.54, 1.807) is 14.2 Å². The average Bonchev–Trinajstić information content (AvgIpc) is 2.53. The molecule has 1 aromatic carbocycles. The largest absolute Gasteiger partial charge is 0.497 e. The van der Waals surface area contributed by atoms with Gasteiger partial charge in [0, 0.05) is 17.6 Å². The first-order valence-corrected chi connectivity index (χ1v) is 7.24. The summed E-state index contributed by atoms with van der Waals surface area (Å²) in [6, 6.07) is 5.48. The van der Waals surface area contributed by atoms with Crippen LogP contribution in [0.5, 0.6) is 11.5 Å². The van der Waals surface area contributed by atoms with Gasteiger partial charge in [0.15, 0.2) is 0 Å². The minimum absolute atomic E-state index is 0.00157. The van der Waals surface area contributed by atoms with Gasteiger partial charge in [-0.1, -0.05) is 0 Å². The zero-order valence-electron chi connectivity index (χ0n) is 13.8. The Morgan fingerprint density at radius 1 is 1.23 bits per heavy atom. The molecule has 6 nitrogen and oxygen atoms in total. The maximum absolute atomic E-state index is 9.89. The highest BCUT2D eigenvalue weighted by molar-refractivity contribution is 5.39. The molecule has 0 bridgehead atoms. The van der Waals surface area contributed by atoms with Crippen LogP contribution in [0.4, 0.5) is 0 Å². The number of rotatable bonds is 10. The third-order valence-electron chi connectivity index (χ3n) is 3.27. The van der Waals surface area contributed by atoms with E-state index in [0.717, 1.165) is 17.1 Å². The Morgan fingerprint density at radius 2 is 1.95 bits per heavy atom. The van der Waals surface area contributed by atoms with Crippen molar-refractivity contribution in [1.82, 2.24) is 5.32 Å². The summed E-state index contributed by atoms with van der Waals surface area (Å²) in [6.45, 7) is 4.59. The number of aliphatic hydroxyl groups is 2. The summed E-state index contributed by atoms with van der Waals surface area (Å²) in [5, 5.41) is 22.1. The van der Waals surface area contributed by atoms with E-state index in [2.05, 4.69) is 5.32 Å². The van der Waals surface area contributed by atoms with E-state index in [1.165, 1.54) is 0 Å². The van der Waals surface area contributed by atoms with Crippen molar-refractivity contribution in [3.63, 3.8) is 0 Å². The van der Waals surface area contributed by atoms with Gasteiger partial charge >= 0.3 is 0 Å². The molecule has 0 saturated carbocycles.